The number of carboxylic acid groups (broad SMARTS) is 1. The molecule has 8 heteroatoms. The maximum absolute atomic E-state index is 12.7. The lowest BCUT2D eigenvalue weighted by Gasteiger charge is -2.12. The molecule has 1 aromatic heterocycles. The SMILES string of the molecule is CSCC[C@H](NC(=O)c1nc(-c2ccccc2)n(-c2ccc(C)cc2)n1)C(=O)O. The van der Waals surface area contributed by atoms with Crippen molar-refractivity contribution >= 4 is 23.6 Å². The molecule has 0 saturated carbocycles. The zero-order valence-corrected chi connectivity index (χ0v) is 17.0. The van der Waals surface area contributed by atoms with Gasteiger partial charge >= 0.3 is 5.97 Å². The number of nitrogens with zero attached hydrogens (tertiary/aromatic N) is 3. The molecule has 1 amide bonds. The van der Waals surface area contributed by atoms with Crippen LogP contribution in [0.25, 0.3) is 17.1 Å². The molecular weight excluding hydrogens is 388 g/mol. The van der Waals surface area contributed by atoms with Gasteiger partial charge in [-0.05, 0) is 37.5 Å². The van der Waals surface area contributed by atoms with Crippen molar-refractivity contribution in [3.8, 4) is 17.1 Å². The Morgan fingerprint density at radius 1 is 1.14 bits per heavy atom. The summed E-state index contributed by atoms with van der Waals surface area (Å²) in [7, 11) is 0. The second kappa shape index (κ2) is 9.38. The van der Waals surface area contributed by atoms with E-state index in [1.165, 1.54) is 11.8 Å². The fourth-order valence-corrected chi connectivity index (χ4v) is 3.24. The number of rotatable bonds is 8. The van der Waals surface area contributed by atoms with Gasteiger partial charge in [0.2, 0.25) is 5.82 Å². The quantitative estimate of drug-likeness (QED) is 0.592. The first-order chi connectivity index (χ1) is 14.0. The summed E-state index contributed by atoms with van der Waals surface area (Å²) in [5.74, 6) is -0.622. The monoisotopic (exact) mass is 410 g/mol. The average Bonchev–Trinajstić information content (AvgIpc) is 3.17. The molecule has 0 unspecified atom stereocenters. The Hall–Kier alpha value is -3.13. The molecule has 2 aromatic carbocycles. The average molecular weight is 410 g/mol. The first-order valence-corrected chi connectivity index (χ1v) is 10.5. The molecule has 0 fully saturated rings. The van der Waals surface area contributed by atoms with E-state index in [0.717, 1.165) is 16.8 Å². The number of aromatic nitrogens is 3. The second-order valence-electron chi connectivity index (χ2n) is 6.52. The molecular formula is C21H22N4O3S. The molecule has 2 N–H and O–H groups in total. The van der Waals surface area contributed by atoms with Crippen molar-refractivity contribution in [1.82, 2.24) is 20.1 Å². The summed E-state index contributed by atoms with van der Waals surface area (Å²) >= 11 is 1.52. The number of carboxylic acids is 1. The molecule has 1 heterocycles. The summed E-state index contributed by atoms with van der Waals surface area (Å²) < 4.78 is 1.60. The molecule has 0 aliphatic carbocycles. The number of aliphatic carboxylic acids is 1. The lowest BCUT2D eigenvalue weighted by Crippen LogP contribution is -2.41. The van der Waals surface area contributed by atoms with Gasteiger partial charge in [0, 0.05) is 5.56 Å². The maximum atomic E-state index is 12.7. The van der Waals surface area contributed by atoms with Gasteiger partial charge in [0.15, 0.2) is 5.82 Å². The number of carbonyl (C=O) groups excluding carboxylic acids is 1. The lowest BCUT2D eigenvalue weighted by molar-refractivity contribution is -0.139. The molecule has 150 valence electrons. The summed E-state index contributed by atoms with van der Waals surface area (Å²) in [4.78, 5) is 28.5. The molecule has 0 aliphatic heterocycles. The van der Waals surface area contributed by atoms with Crippen molar-refractivity contribution in [3.63, 3.8) is 0 Å². The number of carbonyl (C=O) groups is 2. The van der Waals surface area contributed by atoms with E-state index in [2.05, 4.69) is 15.4 Å². The van der Waals surface area contributed by atoms with Crippen LogP contribution in [0.2, 0.25) is 0 Å². The van der Waals surface area contributed by atoms with Gasteiger partial charge in [-0.1, -0.05) is 48.0 Å². The van der Waals surface area contributed by atoms with Crippen molar-refractivity contribution in [3.05, 3.63) is 66.0 Å². The minimum atomic E-state index is -1.08. The van der Waals surface area contributed by atoms with Crippen LogP contribution in [0.3, 0.4) is 0 Å². The number of thioether (sulfide) groups is 1. The van der Waals surface area contributed by atoms with Crippen LogP contribution in [0, 0.1) is 6.92 Å². The van der Waals surface area contributed by atoms with Crippen molar-refractivity contribution in [2.24, 2.45) is 0 Å². The minimum absolute atomic E-state index is 0.0696. The molecule has 7 nitrogen and oxygen atoms in total. The molecule has 0 saturated heterocycles. The van der Waals surface area contributed by atoms with Crippen molar-refractivity contribution in [2.75, 3.05) is 12.0 Å². The number of hydrogen-bond donors (Lipinski definition) is 2. The van der Waals surface area contributed by atoms with E-state index in [0.29, 0.717) is 18.0 Å². The first kappa shape index (κ1) is 20.6. The third-order valence-electron chi connectivity index (χ3n) is 4.33. The summed E-state index contributed by atoms with van der Waals surface area (Å²) in [6, 6.07) is 16.1. The van der Waals surface area contributed by atoms with Gasteiger partial charge in [0.05, 0.1) is 5.69 Å². The van der Waals surface area contributed by atoms with Crippen molar-refractivity contribution < 1.29 is 14.7 Å². The summed E-state index contributed by atoms with van der Waals surface area (Å²) in [5, 5.41) is 16.3. The smallest absolute Gasteiger partial charge is 0.326 e. The standard InChI is InChI=1S/C21H22N4O3S/c1-14-8-10-16(11-9-14)25-19(15-6-4-3-5-7-15)23-18(24-25)20(26)22-17(21(27)28)12-13-29-2/h3-11,17H,12-13H2,1-2H3,(H,22,26)(H,27,28)/t17-/m0/s1. The van der Waals surface area contributed by atoms with Crippen LogP contribution in [-0.2, 0) is 4.79 Å². The molecule has 0 spiro atoms. The summed E-state index contributed by atoms with van der Waals surface area (Å²) in [6.45, 7) is 1.99. The minimum Gasteiger partial charge on any atom is -0.480 e. The third-order valence-corrected chi connectivity index (χ3v) is 4.98. The van der Waals surface area contributed by atoms with Crippen LogP contribution < -0.4 is 5.32 Å². The Kier molecular flexibility index (Phi) is 6.66. The number of benzene rings is 2. The highest BCUT2D eigenvalue weighted by Crippen LogP contribution is 2.21. The molecule has 0 radical (unpaired) electrons. The number of nitrogens with one attached hydrogen (secondary N) is 1. The fourth-order valence-electron chi connectivity index (χ4n) is 2.76. The highest BCUT2D eigenvalue weighted by molar-refractivity contribution is 7.98. The van der Waals surface area contributed by atoms with E-state index in [-0.39, 0.29) is 5.82 Å². The Balaban J connectivity index is 1.96. The predicted molar refractivity (Wildman–Crippen MR) is 113 cm³/mol. The normalized spacial score (nSPS) is 11.8. The van der Waals surface area contributed by atoms with Crippen LogP contribution in [0.4, 0.5) is 0 Å². The molecule has 0 bridgehead atoms. The second-order valence-corrected chi connectivity index (χ2v) is 7.50. The Bertz CT molecular complexity index is 987. The number of amides is 1. The zero-order valence-electron chi connectivity index (χ0n) is 16.2. The number of aryl methyl sites for hydroxylation is 1. The van der Waals surface area contributed by atoms with E-state index >= 15 is 0 Å². The number of hydrogen-bond acceptors (Lipinski definition) is 5. The van der Waals surface area contributed by atoms with Gasteiger partial charge in [0.25, 0.3) is 5.91 Å². The van der Waals surface area contributed by atoms with Gasteiger partial charge in [-0.25, -0.2) is 14.5 Å². The van der Waals surface area contributed by atoms with E-state index in [9.17, 15) is 14.7 Å². The van der Waals surface area contributed by atoms with Crippen LogP contribution in [-0.4, -0.2) is 49.8 Å². The molecule has 29 heavy (non-hydrogen) atoms. The lowest BCUT2D eigenvalue weighted by atomic mass is 10.2. The fraction of sp³-hybridized carbons (Fsp3) is 0.238. The van der Waals surface area contributed by atoms with Gasteiger partial charge in [-0.15, -0.1) is 5.10 Å². The van der Waals surface area contributed by atoms with Crippen molar-refractivity contribution in [2.45, 2.75) is 19.4 Å². The highest BCUT2D eigenvalue weighted by Gasteiger charge is 2.24. The van der Waals surface area contributed by atoms with E-state index < -0.39 is 17.9 Å². The third kappa shape index (κ3) is 5.03. The Morgan fingerprint density at radius 2 is 1.83 bits per heavy atom. The summed E-state index contributed by atoms with van der Waals surface area (Å²) in [6.07, 6.45) is 2.21. The predicted octanol–water partition coefficient (Wildman–Crippen LogP) is 3.18. The van der Waals surface area contributed by atoms with E-state index in [1.807, 2.05) is 67.8 Å². The van der Waals surface area contributed by atoms with Crippen molar-refractivity contribution in [1.29, 1.82) is 0 Å². The van der Waals surface area contributed by atoms with Crippen LogP contribution >= 0.6 is 11.8 Å². The molecule has 0 aliphatic rings. The first-order valence-electron chi connectivity index (χ1n) is 9.11. The molecule has 3 aromatic rings. The Morgan fingerprint density at radius 3 is 2.45 bits per heavy atom. The van der Waals surface area contributed by atoms with Gasteiger partial charge in [0.1, 0.15) is 6.04 Å². The van der Waals surface area contributed by atoms with Crippen LogP contribution in [0.1, 0.15) is 22.6 Å². The van der Waals surface area contributed by atoms with Gasteiger partial charge in [-0.2, -0.15) is 11.8 Å². The summed E-state index contributed by atoms with van der Waals surface area (Å²) in [5.41, 5.74) is 2.67. The van der Waals surface area contributed by atoms with Crippen LogP contribution in [0.15, 0.2) is 54.6 Å². The zero-order chi connectivity index (χ0) is 20.8. The van der Waals surface area contributed by atoms with Gasteiger partial charge in [-0.3, -0.25) is 4.79 Å². The maximum Gasteiger partial charge on any atom is 0.326 e. The Labute approximate surface area is 173 Å². The molecule has 3 rings (SSSR count). The largest absolute Gasteiger partial charge is 0.480 e. The van der Waals surface area contributed by atoms with Gasteiger partial charge < -0.3 is 10.4 Å². The van der Waals surface area contributed by atoms with E-state index in [4.69, 9.17) is 0 Å². The van der Waals surface area contributed by atoms with Crippen LogP contribution in [0.5, 0.6) is 0 Å². The topological polar surface area (TPSA) is 97.1 Å². The van der Waals surface area contributed by atoms with E-state index in [1.54, 1.807) is 4.68 Å². The highest BCUT2D eigenvalue weighted by atomic mass is 32.2. The molecule has 1 atom stereocenters.